The second-order valence-corrected chi connectivity index (χ2v) is 4.81. The molecule has 0 saturated carbocycles. The van der Waals surface area contributed by atoms with Crippen LogP contribution in [0, 0.1) is 0 Å². The van der Waals surface area contributed by atoms with Gasteiger partial charge >= 0.3 is 20.1 Å². The second-order valence-electron chi connectivity index (χ2n) is 3.22. The summed E-state index contributed by atoms with van der Waals surface area (Å²) >= 11 is 0. The van der Waals surface area contributed by atoms with Crippen molar-refractivity contribution in [1.29, 1.82) is 0 Å². The number of hydrogen-bond acceptors (Lipinski definition) is 4. The molecule has 0 aliphatic rings. The number of halogens is 5. The van der Waals surface area contributed by atoms with E-state index in [1.165, 1.54) is 0 Å². The zero-order chi connectivity index (χ0) is 14.4. The Balaban J connectivity index is 4.83. The minimum Gasteiger partial charge on any atom is -0.287 e. The minimum atomic E-state index is -5.99. The molecule has 0 unspecified atom stereocenters. The fraction of sp³-hybridized carbons (Fsp3) is 1.00. The number of phosphoric acid groups is 1. The molecule has 0 fully saturated rings. The largest absolute Gasteiger partial charge is 0.483 e. The molecule has 0 saturated heterocycles. The SMILES string of the molecule is CCCOP(=O)(OCCC)OC(F)(F)C(F)(F)F. The first-order chi connectivity index (χ1) is 8.08. The number of rotatable bonds is 8. The number of alkyl halides is 5. The van der Waals surface area contributed by atoms with Gasteiger partial charge in [0.05, 0.1) is 13.2 Å². The molecule has 0 N–H and O–H groups in total. The van der Waals surface area contributed by atoms with Gasteiger partial charge in [-0.15, -0.1) is 0 Å². The summed E-state index contributed by atoms with van der Waals surface area (Å²) in [6, 6.07) is 0. The summed E-state index contributed by atoms with van der Waals surface area (Å²) in [5.74, 6) is 0. The van der Waals surface area contributed by atoms with E-state index in [0.717, 1.165) is 0 Å². The predicted molar refractivity (Wildman–Crippen MR) is 52.2 cm³/mol. The van der Waals surface area contributed by atoms with Crippen molar-refractivity contribution in [3.63, 3.8) is 0 Å². The summed E-state index contributed by atoms with van der Waals surface area (Å²) in [5.41, 5.74) is 0. The summed E-state index contributed by atoms with van der Waals surface area (Å²) in [5, 5.41) is 0. The Kier molecular flexibility index (Phi) is 6.70. The van der Waals surface area contributed by atoms with Crippen molar-refractivity contribution in [2.24, 2.45) is 0 Å². The third-order valence-corrected chi connectivity index (χ3v) is 2.91. The average molecular weight is 300 g/mol. The fourth-order valence-corrected chi connectivity index (χ4v) is 2.06. The van der Waals surface area contributed by atoms with Gasteiger partial charge in [0.1, 0.15) is 0 Å². The van der Waals surface area contributed by atoms with Gasteiger partial charge in [0.2, 0.25) is 0 Å². The van der Waals surface area contributed by atoms with Crippen LogP contribution in [0.4, 0.5) is 22.0 Å². The maximum atomic E-state index is 12.6. The Morgan fingerprint density at radius 2 is 1.33 bits per heavy atom. The van der Waals surface area contributed by atoms with E-state index >= 15 is 0 Å². The van der Waals surface area contributed by atoms with Gasteiger partial charge in [0, 0.05) is 0 Å². The van der Waals surface area contributed by atoms with E-state index in [1.54, 1.807) is 13.8 Å². The molecule has 0 aromatic heterocycles. The first kappa shape index (κ1) is 17.8. The van der Waals surface area contributed by atoms with Gasteiger partial charge in [-0.1, -0.05) is 13.8 Å². The number of phosphoric ester groups is 1. The zero-order valence-electron chi connectivity index (χ0n) is 9.80. The normalized spacial score (nSPS) is 13.9. The third-order valence-electron chi connectivity index (χ3n) is 1.46. The van der Waals surface area contributed by atoms with E-state index in [0.29, 0.717) is 0 Å². The van der Waals surface area contributed by atoms with Crippen LogP contribution in [0.15, 0.2) is 0 Å². The van der Waals surface area contributed by atoms with Crippen molar-refractivity contribution in [3.05, 3.63) is 0 Å². The van der Waals surface area contributed by atoms with Crippen molar-refractivity contribution in [3.8, 4) is 0 Å². The summed E-state index contributed by atoms with van der Waals surface area (Å²) in [6.45, 7) is 2.45. The highest BCUT2D eigenvalue weighted by molar-refractivity contribution is 7.48. The molecule has 110 valence electrons. The Hall–Kier alpha value is -0.240. The molecule has 0 radical (unpaired) electrons. The molecule has 0 amide bonds. The monoisotopic (exact) mass is 300 g/mol. The van der Waals surface area contributed by atoms with Gasteiger partial charge in [0.15, 0.2) is 0 Å². The van der Waals surface area contributed by atoms with Gasteiger partial charge in [-0.25, -0.2) is 9.09 Å². The van der Waals surface area contributed by atoms with Gasteiger partial charge in [-0.2, -0.15) is 22.0 Å². The Bertz CT molecular complexity index is 282. The smallest absolute Gasteiger partial charge is 0.287 e. The lowest BCUT2D eigenvalue weighted by molar-refractivity contribution is -0.365. The zero-order valence-corrected chi connectivity index (χ0v) is 10.7. The Morgan fingerprint density at radius 1 is 0.944 bits per heavy atom. The van der Waals surface area contributed by atoms with Crippen LogP contribution in [-0.2, 0) is 18.1 Å². The molecule has 0 bridgehead atoms. The highest BCUT2D eigenvalue weighted by Gasteiger charge is 2.63. The molecule has 18 heavy (non-hydrogen) atoms. The summed E-state index contributed by atoms with van der Waals surface area (Å²) in [6.07, 6.45) is -11.1. The maximum Gasteiger partial charge on any atom is 0.483 e. The standard InChI is InChI=1S/C8H14F5O4P/c1-3-5-15-18(14,16-6-4-2)17-8(12,13)7(9,10)11/h3-6H2,1-2H3. The molecule has 0 aromatic carbocycles. The topological polar surface area (TPSA) is 44.8 Å². The van der Waals surface area contributed by atoms with E-state index in [2.05, 4.69) is 13.6 Å². The van der Waals surface area contributed by atoms with Crippen LogP contribution >= 0.6 is 7.82 Å². The van der Waals surface area contributed by atoms with Crippen molar-refractivity contribution < 1.29 is 40.1 Å². The molecule has 0 atom stereocenters. The van der Waals surface area contributed by atoms with Crippen LogP contribution in [0.1, 0.15) is 26.7 Å². The molecule has 0 heterocycles. The van der Waals surface area contributed by atoms with Gasteiger partial charge in [-0.05, 0) is 12.8 Å². The number of hydrogen-bond donors (Lipinski definition) is 0. The van der Waals surface area contributed by atoms with Gasteiger partial charge in [-0.3, -0.25) is 9.05 Å². The summed E-state index contributed by atoms with van der Waals surface area (Å²) in [4.78, 5) is 0. The van der Waals surface area contributed by atoms with E-state index in [-0.39, 0.29) is 26.1 Å². The summed E-state index contributed by atoms with van der Waals surface area (Å²) < 4.78 is 84.4. The van der Waals surface area contributed by atoms with Crippen LogP contribution in [0.25, 0.3) is 0 Å². The van der Waals surface area contributed by atoms with Crippen LogP contribution in [0.5, 0.6) is 0 Å². The first-order valence-corrected chi connectivity index (χ1v) is 6.58. The lowest BCUT2D eigenvalue weighted by atomic mass is 10.5. The predicted octanol–water partition coefficient (Wildman–Crippen LogP) is 4.12. The Morgan fingerprint density at radius 3 is 1.61 bits per heavy atom. The van der Waals surface area contributed by atoms with Crippen molar-refractivity contribution in [2.75, 3.05) is 13.2 Å². The van der Waals surface area contributed by atoms with Crippen LogP contribution in [0.3, 0.4) is 0 Å². The highest BCUT2D eigenvalue weighted by atomic mass is 31.2. The molecular formula is C8H14F5O4P. The third kappa shape index (κ3) is 5.60. The quantitative estimate of drug-likeness (QED) is 0.499. The first-order valence-electron chi connectivity index (χ1n) is 5.12. The van der Waals surface area contributed by atoms with Crippen LogP contribution < -0.4 is 0 Å². The van der Waals surface area contributed by atoms with Gasteiger partial charge in [0.25, 0.3) is 0 Å². The van der Waals surface area contributed by atoms with Crippen molar-refractivity contribution >= 4 is 7.82 Å². The lowest BCUT2D eigenvalue weighted by Crippen LogP contribution is -2.38. The van der Waals surface area contributed by atoms with E-state index in [9.17, 15) is 26.5 Å². The van der Waals surface area contributed by atoms with E-state index < -0.39 is 20.1 Å². The second kappa shape index (κ2) is 6.79. The van der Waals surface area contributed by atoms with Gasteiger partial charge < -0.3 is 0 Å². The summed E-state index contributed by atoms with van der Waals surface area (Å²) in [7, 11) is -4.94. The van der Waals surface area contributed by atoms with Crippen LogP contribution in [-0.4, -0.2) is 25.5 Å². The van der Waals surface area contributed by atoms with Crippen LogP contribution in [0.2, 0.25) is 0 Å². The Labute approximate surface area is 101 Å². The molecule has 10 heteroatoms. The molecule has 4 nitrogen and oxygen atoms in total. The highest BCUT2D eigenvalue weighted by Crippen LogP contribution is 2.56. The molecular weight excluding hydrogens is 286 g/mol. The molecule has 0 aliphatic carbocycles. The fourth-order valence-electron chi connectivity index (χ4n) is 0.688. The maximum absolute atomic E-state index is 12.6. The van der Waals surface area contributed by atoms with E-state index in [1.807, 2.05) is 0 Å². The minimum absolute atomic E-state index is 0.250. The molecule has 0 aliphatic heterocycles. The molecule has 0 aromatic rings. The molecule has 0 rings (SSSR count). The van der Waals surface area contributed by atoms with E-state index in [4.69, 9.17) is 0 Å². The lowest BCUT2D eigenvalue weighted by Gasteiger charge is -2.24. The molecule has 0 spiro atoms. The average Bonchev–Trinajstić information content (AvgIpc) is 2.21. The van der Waals surface area contributed by atoms with Crippen molar-refractivity contribution in [2.45, 2.75) is 39.0 Å². The van der Waals surface area contributed by atoms with Crippen molar-refractivity contribution in [1.82, 2.24) is 0 Å².